The van der Waals surface area contributed by atoms with Crippen molar-refractivity contribution in [2.75, 3.05) is 31.8 Å². The van der Waals surface area contributed by atoms with Gasteiger partial charge in [0.05, 0.1) is 6.61 Å². The van der Waals surface area contributed by atoms with Gasteiger partial charge >= 0.3 is 0 Å². The van der Waals surface area contributed by atoms with E-state index in [-0.39, 0.29) is 5.84 Å². The number of nitrogens with one attached hydrogen (secondary N) is 1. The molecule has 0 radical (unpaired) electrons. The molecule has 0 aliphatic rings. The predicted octanol–water partition coefficient (Wildman–Crippen LogP) is 2.12. The van der Waals surface area contributed by atoms with Gasteiger partial charge in [-0.25, -0.2) is 0 Å². The molecule has 18 heavy (non-hydrogen) atoms. The molecule has 0 saturated heterocycles. The molecule has 5 heteroatoms. The highest BCUT2D eigenvalue weighted by atomic mass is 32.2. The van der Waals surface area contributed by atoms with E-state index in [0.717, 1.165) is 35.8 Å². The van der Waals surface area contributed by atoms with Crippen LogP contribution in [0.4, 0.5) is 0 Å². The summed E-state index contributed by atoms with van der Waals surface area (Å²) in [6.45, 7) is 1.51. The van der Waals surface area contributed by atoms with Gasteiger partial charge in [-0.2, -0.15) is 11.8 Å². The van der Waals surface area contributed by atoms with Gasteiger partial charge in [0.2, 0.25) is 0 Å². The van der Waals surface area contributed by atoms with Gasteiger partial charge in [0.1, 0.15) is 11.6 Å². The first kappa shape index (κ1) is 14.9. The Kier molecular flexibility index (Phi) is 7.29. The zero-order valence-corrected chi connectivity index (χ0v) is 11.5. The number of ether oxygens (including phenoxy) is 2. The summed E-state index contributed by atoms with van der Waals surface area (Å²) in [4.78, 5) is 0. The van der Waals surface area contributed by atoms with Gasteiger partial charge in [0, 0.05) is 25.0 Å². The van der Waals surface area contributed by atoms with E-state index < -0.39 is 0 Å². The van der Waals surface area contributed by atoms with Gasteiger partial charge in [-0.05, 0) is 36.4 Å². The lowest BCUT2D eigenvalue weighted by molar-refractivity contribution is 0.200. The molecule has 0 unspecified atom stereocenters. The minimum atomic E-state index is 0.0789. The number of benzene rings is 1. The first-order valence-electron chi connectivity index (χ1n) is 5.88. The van der Waals surface area contributed by atoms with E-state index in [0.29, 0.717) is 6.61 Å². The van der Waals surface area contributed by atoms with Gasteiger partial charge in [-0.3, -0.25) is 5.41 Å². The third kappa shape index (κ3) is 5.93. The maximum atomic E-state index is 7.28. The van der Waals surface area contributed by atoms with Gasteiger partial charge in [-0.15, -0.1) is 0 Å². The molecule has 0 spiro atoms. The van der Waals surface area contributed by atoms with Crippen LogP contribution in [0.1, 0.15) is 12.0 Å². The number of rotatable bonds is 9. The fourth-order valence-electron chi connectivity index (χ4n) is 1.36. The average molecular weight is 268 g/mol. The molecule has 0 heterocycles. The minimum absolute atomic E-state index is 0.0789. The van der Waals surface area contributed by atoms with Gasteiger partial charge in [-0.1, -0.05) is 0 Å². The summed E-state index contributed by atoms with van der Waals surface area (Å²) < 4.78 is 10.6. The number of nitrogens with two attached hydrogens (primary N) is 1. The van der Waals surface area contributed by atoms with Crippen LogP contribution in [0, 0.1) is 5.41 Å². The third-order valence-corrected chi connectivity index (χ3v) is 3.33. The molecule has 0 aliphatic heterocycles. The van der Waals surface area contributed by atoms with E-state index in [2.05, 4.69) is 0 Å². The van der Waals surface area contributed by atoms with Crippen molar-refractivity contribution >= 4 is 17.6 Å². The molecule has 0 fully saturated rings. The van der Waals surface area contributed by atoms with Crippen molar-refractivity contribution in [1.29, 1.82) is 5.41 Å². The zero-order valence-electron chi connectivity index (χ0n) is 10.6. The average Bonchev–Trinajstić information content (AvgIpc) is 2.38. The second-order valence-electron chi connectivity index (χ2n) is 3.75. The lowest BCUT2D eigenvalue weighted by Crippen LogP contribution is -2.10. The van der Waals surface area contributed by atoms with Crippen molar-refractivity contribution in [3.63, 3.8) is 0 Å². The quantitative estimate of drug-likeness (QED) is 0.409. The highest BCUT2D eigenvalue weighted by Crippen LogP contribution is 2.12. The van der Waals surface area contributed by atoms with E-state index in [9.17, 15) is 0 Å². The first-order chi connectivity index (χ1) is 8.74. The molecule has 3 N–H and O–H groups in total. The third-order valence-electron chi connectivity index (χ3n) is 2.30. The largest absolute Gasteiger partial charge is 0.493 e. The van der Waals surface area contributed by atoms with Crippen LogP contribution in [-0.2, 0) is 4.74 Å². The van der Waals surface area contributed by atoms with Gasteiger partial charge < -0.3 is 15.2 Å². The Balaban J connectivity index is 2.14. The fraction of sp³-hybridized carbons (Fsp3) is 0.462. The van der Waals surface area contributed by atoms with Crippen LogP contribution in [0.5, 0.6) is 5.75 Å². The Morgan fingerprint density at radius 3 is 2.56 bits per heavy atom. The number of hydrogen-bond donors (Lipinski definition) is 2. The molecule has 1 aromatic carbocycles. The first-order valence-corrected chi connectivity index (χ1v) is 7.03. The Morgan fingerprint density at radius 1 is 1.22 bits per heavy atom. The SMILES string of the molecule is COCCCSCCOc1ccc(C(=N)N)cc1. The second kappa shape index (κ2) is 8.83. The van der Waals surface area contributed by atoms with E-state index in [1.807, 2.05) is 23.9 Å². The standard InChI is InChI=1S/C13H20N2O2S/c1-16-7-2-9-18-10-8-17-12-5-3-11(4-6-12)13(14)15/h3-6H,2,7-10H2,1H3,(H3,14,15). The number of nitrogen functional groups attached to an aromatic ring is 1. The lowest BCUT2D eigenvalue weighted by atomic mass is 10.2. The number of methoxy groups -OCH3 is 1. The maximum Gasteiger partial charge on any atom is 0.122 e. The summed E-state index contributed by atoms with van der Waals surface area (Å²) in [6, 6.07) is 7.27. The molecule has 0 bridgehead atoms. The Labute approximate surface area is 112 Å². The molecule has 0 aromatic heterocycles. The Morgan fingerprint density at radius 2 is 1.94 bits per heavy atom. The van der Waals surface area contributed by atoms with Crippen molar-refractivity contribution in [1.82, 2.24) is 0 Å². The molecule has 1 rings (SSSR count). The van der Waals surface area contributed by atoms with Crippen molar-refractivity contribution < 1.29 is 9.47 Å². The topological polar surface area (TPSA) is 68.3 Å². The highest BCUT2D eigenvalue weighted by Gasteiger charge is 1.97. The zero-order chi connectivity index (χ0) is 13.2. The molecule has 0 saturated carbocycles. The molecule has 0 atom stereocenters. The normalized spacial score (nSPS) is 10.3. The molecule has 100 valence electrons. The number of hydrogen-bond acceptors (Lipinski definition) is 4. The lowest BCUT2D eigenvalue weighted by Gasteiger charge is -2.06. The number of thioether (sulfide) groups is 1. The smallest absolute Gasteiger partial charge is 0.122 e. The Hall–Kier alpha value is -1.20. The predicted molar refractivity (Wildman–Crippen MR) is 76.8 cm³/mol. The molecule has 4 nitrogen and oxygen atoms in total. The van der Waals surface area contributed by atoms with Gasteiger partial charge in [0.25, 0.3) is 0 Å². The monoisotopic (exact) mass is 268 g/mol. The van der Waals surface area contributed by atoms with Crippen LogP contribution in [0.15, 0.2) is 24.3 Å². The molecule has 1 aromatic rings. The van der Waals surface area contributed by atoms with Crippen LogP contribution in [0.2, 0.25) is 0 Å². The fourth-order valence-corrected chi connectivity index (χ4v) is 2.08. The van der Waals surface area contributed by atoms with Crippen molar-refractivity contribution in [2.45, 2.75) is 6.42 Å². The van der Waals surface area contributed by atoms with Crippen LogP contribution in [0.3, 0.4) is 0 Å². The van der Waals surface area contributed by atoms with E-state index in [1.54, 1.807) is 19.2 Å². The van der Waals surface area contributed by atoms with E-state index >= 15 is 0 Å². The van der Waals surface area contributed by atoms with E-state index in [4.69, 9.17) is 20.6 Å². The summed E-state index contributed by atoms with van der Waals surface area (Å²) in [5, 5.41) is 7.28. The Bertz CT molecular complexity index is 355. The molecular weight excluding hydrogens is 248 g/mol. The van der Waals surface area contributed by atoms with Crippen molar-refractivity contribution in [3.05, 3.63) is 29.8 Å². The maximum absolute atomic E-state index is 7.28. The number of amidine groups is 1. The minimum Gasteiger partial charge on any atom is -0.493 e. The summed E-state index contributed by atoms with van der Waals surface area (Å²) in [5.41, 5.74) is 6.09. The van der Waals surface area contributed by atoms with Crippen LogP contribution in [-0.4, -0.2) is 37.7 Å². The van der Waals surface area contributed by atoms with Crippen LogP contribution in [0.25, 0.3) is 0 Å². The summed E-state index contributed by atoms with van der Waals surface area (Å²) in [6.07, 6.45) is 1.08. The second-order valence-corrected chi connectivity index (χ2v) is 4.97. The van der Waals surface area contributed by atoms with E-state index in [1.165, 1.54) is 0 Å². The van der Waals surface area contributed by atoms with Crippen LogP contribution >= 0.6 is 11.8 Å². The van der Waals surface area contributed by atoms with Crippen molar-refractivity contribution in [2.24, 2.45) is 5.73 Å². The summed E-state index contributed by atoms with van der Waals surface area (Å²) >= 11 is 1.86. The van der Waals surface area contributed by atoms with Crippen LogP contribution < -0.4 is 10.5 Å². The molecule has 0 aliphatic carbocycles. The molecular formula is C13H20N2O2S. The summed E-state index contributed by atoms with van der Waals surface area (Å²) in [5.74, 6) is 2.96. The highest BCUT2D eigenvalue weighted by molar-refractivity contribution is 7.99. The molecule has 0 amide bonds. The summed E-state index contributed by atoms with van der Waals surface area (Å²) in [7, 11) is 1.72. The van der Waals surface area contributed by atoms with Gasteiger partial charge in [0.15, 0.2) is 0 Å². The van der Waals surface area contributed by atoms with Crippen molar-refractivity contribution in [3.8, 4) is 5.75 Å².